The van der Waals surface area contributed by atoms with Gasteiger partial charge in [-0.25, -0.2) is 0 Å². The first-order valence-corrected chi connectivity index (χ1v) is 7.99. The molecule has 2 fully saturated rings. The van der Waals surface area contributed by atoms with E-state index >= 15 is 0 Å². The van der Waals surface area contributed by atoms with Gasteiger partial charge in [-0.3, -0.25) is 0 Å². The minimum Gasteiger partial charge on any atom is -0.394 e. The summed E-state index contributed by atoms with van der Waals surface area (Å²) in [6.45, 7) is 6.49. The van der Waals surface area contributed by atoms with Crippen molar-refractivity contribution in [3.05, 3.63) is 0 Å². The van der Waals surface area contributed by atoms with Crippen LogP contribution in [0.1, 0.15) is 45.4 Å². The number of piperidine rings is 2. The first kappa shape index (κ1) is 15.2. The molecule has 0 aromatic rings. The quantitative estimate of drug-likeness (QED) is 0.765. The highest BCUT2D eigenvalue weighted by molar-refractivity contribution is 4.82. The van der Waals surface area contributed by atoms with E-state index in [9.17, 15) is 0 Å². The van der Waals surface area contributed by atoms with Crippen LogP contribution in [-0.2, 0) is 4.74 Å². The van der Waals surface area contributed by atoms with Crippen LogP contribution in [0.25, 0.3) is 0 Å². The van der Waals surface area contributed by atoms with Crippen molar-refractivity contribution in [1.82, 2.24) is 10.2 Å². The first-order valence-electron chi connectivity index (χ1n) is 7.99. The molecule has 112 valence electrons. The van der Waals surface area contributed by atoms with Gasteiger partial charge >= 0.3 is 0 Å². The Hall–Kier alpha value is -0.160. The molecule has 0 spiro atoms. The third kappa shape index (κ3) is 5.03. The molecule has 2 rings (SSSR count). The van der Waals surface area contributed by atoms with Crippen molar-refractivity contribution in [2.24, 2.45) is 0 Å². The van der Waals surface area contributed by atoms with Crippen LogP contribution in [0.4, 0.5) is 0 Å². The molecule has 0 radical (unpaired) electrons. The Kier molecular flexibility index (Phi) is 6.57. The molecule has 0 amide bonds. The predicted octanol–water partition coefficient (Wildman–Crippen LogP) is 1.38. The molecule has 0 saturated carbocycles. The molecule has 2 N–H and O–H groups in total. The number of hydrogen-bond acceptors (Lipinski definition) is 4. The lowest BCUT2D eigenvalue weighted by atomic mass is 9.96. The maximum absolute atomic E-state index is 8.78. The monoisotopic (exact) mass is 270 g/mol. The molecule has 19 heavy (non-hydrogen) atoms. The molecule has 0 aromatic carbocycles. The van der Waals surface area contributed by atoms with E-state index in [4.69, 9.17) is 9.84 Å². The molecule has 2 aliphatic rings. The molecule has 0 aliphatic carbocycles. The molecule has 4 nitrogen and oxygen atoms in total. The molecule has 0 aromatic heterocycles. The van der Waals surface area contributed by atoms with Gasteiger partial charge < -0.3 is 20.1 Å². The zero-order valence-electron chi connectivity index (χ0n) is 12.3. The van der Waals surface area contributed by atoms with E-state index in [0.717, 1.165) is 32.0 Å². The number of aliphatic hydroxyl groups excluding tert-OH is 1. The number of nitrogens with zero attached hydrogens (tertiary/aromatic N) is 1. The molecule has 2 saturated heterocycles. The number of hydrogen-bond donors (Lipinski definition) is 2. The fourth-order valence-corrected chi connectivity index (χ4v) is 3.39. The van der Waals surface area contributed by atoms with Gasteiger partial charge in [-0.1, -0.05) is 6.42 Å². The Balaban J connectivity index is 1.65. The van der Waals surface area contributed by atoms with Gasteiger partial charge in [0.25, 0.3) is 0 Å². The number of aliphatic hydroxyl groups is 1. The van der Waals surface area contributed by atoms with Crippen molar-refractivity contribution in [3.63, 3.8) is 0 Å². The molecular weight excluding hydrogens is 240 g/mol. The number of nitrogens with one attached hydrogen (secondary N) is 1. The average Bonchev–Trinajstić information content (AvgIpc) is 2.46. The van der Waals surface area contributed by atoms with Gasteiger partial charge in [0.2, 0.25) is 0 Å². The maximum atomic E-state index is 8.78. The van der Waals surface area contributed by atoms with E-state index in [-0.39, 0.29) is 6.61 Å². The van der Waals surface area contributed by atoms with Crippen molar-refractivity contribution in [2.45, 2.75) is 63.6 Å². The van der Waals surface area contributed by atoms with Gasteiger partial charge in [0.15, 0.2) is 0 Å². The Bertz CT molecular complexity index is 236. The van der Waals surface area contributed by atoms with Crippen LogP contribution in [0, 0.1) is 0 Å². The van der Waals surface area contributed by atoms with Crippen molar-refractivity contribution in [2.75, 3.05) is 32.8 Å². The Morgan fingerprint density at radius 2 is 2.05 bits per heavy atom. The molecule has 2 aliphatic heterocycles. The van der Waals surface area contributed by atoms with Gasteiger partial charge in [0.05, 0.1) is 19.3 Å². The van der Waals surface area contributed by atoms with E-state index in [1.807, 2.05) is 0 Å². The maximum Gasteiger partial charge on any atom is 0.0701 e. The second-order valence-electron chi connectivity index (χ2n) is 6.06. The van der Waals surface area contributed by atoms with Crippen molar-refractivity contribution >= 4 is 0 Å². The van der Waals surface area contributed by atoms with Crippen LogP contribution in [0.3, 0.4) is 0 Å². The van der Waals surface area contributed by atoms with E-state index in [1.165, 1.54) is 32.2 Å². The molecule has 2 heterocycles. The van der Waals surface area contributed by atoms with Crippen LogP contribution in [0.15, 0.2) is 0 Å². The standard InChI is InChI=1S/C15H30N2O2/c1-13(12-14-4-2-3-7-16-14)17-8-5-15(6-9-17)19-11-10-18/h13-16,18H,2-12H2,1H3. The minimum absolute atomic E-state index is 0.143. The number of likely N-dealkylation sites (tertiary alicyclic amines) is 1. The molecule has 2 unspecified atom stereocenters. The van der Waals surface area contributed by atoms with Crippen LogP contribution in [0.5, 0.6) is 0 Å². The smallest absolute Gasteiger partial charge is 0.0701 e. The summed E-state index contributed by atoms with van der Waals surface area (Å²) in [7, 11) is 0. The highest BCUT2D eigenvalue weighted by Gasteiger charge is 2.25. The lowest BCUT2D eigenvalue weighted by Gasteiger charge is -2.38. The molecule has 2 atom stereocenters. The van der Waals surface area contributed by atoms with Crippen LogP contribution in [0.2, 0.25) is 0 Å². The summed E-state index contributed by atoms with van der Waals surface area (Å²) < 4.78 is 5.62. The molecule has 4 heteroatoms. The lowest BCUT2D eigenvalue weighted by molar-refractivity contribution is -0.0153. The Morgan fingerprint density at radius 1 is 1.26 bits per heavy atom. The summed E-state index contributed by atoms with van der Waals surface area (Å²) in [6.07, 6.45) is 7.95. The largest absolute Gasteiger partial charge is 0.394 e. The normalized spacial score (nSPS) is 28.4. The van der Waals surface area contributed by atoms with Crippen molar-refractivity contribution in [3.8, 4) is 0 Å². The van der Waals surface area contributed by atoms with Gasteiger partial charge in [0, 0.05) is 25.2 Å². The third-order valence-electron chi connectivity index (χ3n) is 4.58. The summed E-state index contributed by atoms with van der Waals surface area (Å²) in [5.41, 5.74) is 0. The van der Waals surface area contributed by atoms with Crippen molar-refractivity contribution < 1.29 is 9.84 Å². The van der Waals surface area contributed by atoms with E-state index < -0.39 is 0 Å². The van der Waals surface area contributed by atoms with E-state index in [2.05, 4.69) is 17.1 Å². The van der Waals surface area contributed by atoms with Gasteiger partial charge in [-0.05, 0) is 45.6 Å². The molecular formula is C15H30N2O2. The summed E-state index contributed by atoms with van der Waals surface area (Å²) in [6, 6.07) is 1.40. The van der Waals surface area contributed by atoms with Crippen LogP contribution < -0.4 is 5.32 Å². The number of ether oxygens (including phenoxy) is 1. The first-order chi connectivity index (χ1) is 9.29. The number of rotatable bonds is 6. The lowest BCUT2D eigenvalue weighted by Crippen LogP contribution is -2.46. The fraction of sp³-hybridized carbons (Fsp3) is 1.00. The Labute approximate surface area is 117 Å². The van der Waals surface area contributed by atoms with Crippen LogP contribution in [-0.4, -0.2) is 61.0 Å². The Morgan fingerprint density at radius 3 is 2.68 bits per heavy atom. The highest BCUT2D eigenvalue weighted by Crippen LogP contribution is 2.20. The second-order valence-corrected chi connectivity index (χ2v) is 6.06. The zero-order valence-corrected chi connectivity index (χ0v) is 12.3. The van der Waals surface area contributed by atoms with Gasteiger partial charge in [0.1, 0.15) is 0 Å². The fourth-order valence-electron chi connectivity index (χ4n) is 3.39. The topological polar surface area (TPSA) is 44.7 Å². The zero-order chi connectivity index (χ0) is 13.5. The summed E-state index contributed by atoms with van der Waals surface area (Å²) >= 11 is 0. The van der Waals surface area contributed by atoms with Gasteiger partial charge in [-0.2, -0.15) is 0 Å². The average molecular weight is 270 g/mol. The van der Waals surface area contributed by atoms with E-state index in [1.54, 1.807) is 0 Å². The minimum atomic E-state index is 0.143. The predicted molar refractivity (Wildman–Crippen MR) is 77.4 cm³/mol. The van der Waals surface area contributed by atoms with E-state index in [0.29, 0.717) is 18.8 Å². The SMILES string of the molecule is CC(CC1CCCCN1)N1CCC(OCCO)CC1. The second kappa shape index (κ2) is 8.20. The summed E-state index contributed by atoms with van der Waals surface area (Å²) in [4.78, 5) is 2.61. The summed E-state index contributed by atoms with van der Waals surface area (Å²) in [5, 5.41) is 12.4. The highest BCUT2D eigenvalue weighted by atomic mass is 16.5. The summed E-state index contributed by atoms with van der Waals surface area (Å²) in [5.74, 6) is 0. The van der Waals surface area contributed by atoms with Gasteiger partial charge in [-0.15, -0.1) is 0 Å². The van der Waals surface area contributed by atoms with Crippen LogP contribution >= 0.6 is 0 Å². The third-order valence-corrected chi connectivity index (χ3v) is 4.58. The molecule has 0 bridgehead atoms. The van der Waals surface area contributed by atoms with Crippen molar-refractivity contribution in [1.29, 1.82) is 0 Å².